The lowest BCUT2D eigenvalue weighted by Crippen LogP contribution is -2.58. The SMILES string of the molecule is CO[C@H](C(=O)[C@@H](O)[C@@H](C)O)[C@@H]1Cc2cc3cc(O[C@H]4C[C@H](O[C@H]5C[C@@H](O)[C@H](O)[C@@H](C)O5)[C@H](O)[C@@H](C)O4)cc(O)c3c(O)c2C(=O)[C@H]1O[C@H]1C[C@@H](O[C@@H]2C[C@@H](O)[C@@H](O[C@H]3C[C@](C)(O)[C@H](O)[C@@H](C)O3)[C@@H](C)O2)[C@H](O)[C@@H](C)O1. The van der Waals surface area contributed by atoms with Gasteiger partial charge in [-0.15, -0.1) is 0 Å². The van der Waals surface area contributed by atoms with E-state index < -0.39 is 176 Å². The summed E-state index contributed by atoms with van der Waals surface area (Å²) in [5, 5.41) is 120. The van der Waals surface area contributed by atoms with Crippen molar-refractivity contribution >= 4 is 22.3 Å². The highest BCUT2D eigenvalue weighted by Crippen LogP contribution is 2.46. The second kappa shape index (κ2) is 23.2. The molecule has 25 atom stereocenters. The fourth-order valence-electron chi connectivity index (χ4n) is 11.2. The molecule has 24 nitrogen and oxygen atoms in total. The van der Waals surface area contributed by atoms with Crippen molar-refractivity contribution in [1.29, 1.82) is 0 Å². The zero-order valence-electron chi connectivity index (χ0n) is 43.1. The highest BCUT2D eigenvalue weighted by molar-refractivity contribution is 6.11. The summed E-state index contributed by atoms with van der Waals surface area (Å²) in [5.41, 5.74) is -1.59. The van der Waals surface area contributed by atoms with Crippen LogP contribution in [0.1, 0.15) is 96.5 Å². The molecule has 2 aromatic carbocycles. The van der Waals surface area contributed by atoms with Crippen LogP contribution >= 0.6 is 0 Å². The maximum atomic E-state index is 14.9. The van der Waals surface area contributed by atoms with Crippen molar-refractivity contribution < 1.29 is 118 Å². The van der Waals surface area contributed by atoms with Crippen LogP contribution in [0.25, 0.3) is 10.8 Å². The summed E-state index contributed by atoms with van der Waals surface area (Å²) in [4.78, 5) is 28.8. The quantitative estimate of drug-likeness (QED) is 0.107. The fourth-order valence-corrected chi connectivity index (χ4v) is 11.2. The minimum Gasteiger partial charge on any atom is -0.507 e. The average molecular weight is 1070 g/mol. The highest BCUT2D eigenvalue weighted by Gasteiger charge is 2.51. The number of ether oxygens (including phenoxy) is 11. The van der Waals surface area contributed by atoms with E-state index in [-0.39, 0.29) is 66.2 Å². The summed E-state index contributed by atoms with van der Waals surface area (Å²) in [6.07, 6.45) is -26.8. The molecule has 11 N–H and O–H groups in total. The number of fused-ring (bicyclic) bond motifs is 2. The van der Waals surface area contributed by atoms with Crippen LogP contribution in [-0.2, 0) is 58.6 Å². The monoisotopic (exact) mass is 1070 g/mol. The van der Waals surface area contributed by atoms with Gasteiger partial charge in [-0.2, -0.15) is 0 Å². The van der Waals surface area contributed by atoms with Crippen LogP contribution < -0.4 is 4.74 Å². The van der Waals surface area contributed by atoms with Crippen LogP contribution in [0.5, 0.6) is 17.2 Å². The van der Waals surface area contributed by atoms with Crippen molar-refractivity contribution in [2.45, 2.75) is 234 Å². The van der Waals surface area contributed by atoms with E-state index in [0.717, 1.165) is 0 Å². The molecular weight excluding hydrogens is 997 g/mol. The second-order valence-electron chi connectivity index (χ2n) is 21.3. The lowest BCUT2D eigenvalue weighted by Gasteiger charge is -2.46. The Balaban J connectivity index is 1.01. The van der Waals surface area contributed by atoms with Gasteiger partial charge < -0.3 is 108 Å². The lowest BCUT2D eigenvalue weighted by atomic mass is 9.75. The van der Waals surface area contributed by atoms with E-state index in [1.54, 1.807) is 27.7 Å². The molecule has 0 saturated carbocycles. The molecule has 0 spiro atoms. The van der Waals surface area contributed by atoms with Crippen molar-refractivity contribution in [1.82, 2.24) is 0 Å². The Kier molecular flexibility index (Phi) is 17.9. The Labute approximate surface area is 432 Å². The van der Waals surface area contributed by atoms with E-state index in [1.807, 2.05) is 0 Å². The van der Waals surface area contributed by atoms with Crippen molar-refractivity contribution in [3.8, 4) is 17.2 Å². The first-order valence-electron chi connectivity index (χ1n) is 25.6. The largest absolute Gasteiger partial charge is 0.507 e. The van der Waals surface area contributed by atoms with Gasteiger partial charge in [0.25, 0.3) is 0 Å². The van der Waals surface area contributed by atoms with Gasteiger partial charge in [-0.3, -0.25) is 9.59 Å². The zero-order valence-corrected chi connectivity index (χ0v) is 43.1. The predicted octanol–water partition coefficient (Wildman–Crippen LogP) is -0.558. The number of phenolic OH excluding ortho intramolecular Hbond substituents is 2. The van der Waals surface area contributed by atoms with Crippen LogP contribution in [-0.4, -0.2) is 222 Å². The second-order valence-corrected chi connectivity index (χ2v) is 21.3. The zero-order chi connectivity index (χ0) is 54.7. The first-order valence-corrected chi connectivity index (χ1v) is 25.6. The average Bonchev–Trinajstić information content (AvgIpc) is 3.32. The molecule has 2 aromatic rings. The van der Waals surface area contributed by atoms with Crippen LogP contribution in [0.15, 0.2) is 18.2 Å². The van der Waals surface area contributed by atoms with E-state index in [2.05, 4.69) is 0 Å². The number of Topliss-reactive ketones (excluding diaryl/α,β-unsaturated/α-hetero) is 2. The van der Waals surface area contributed by atoms with Crippen molar-refractivity contribution in [2.75, 3.05) is 7.11 Å². The molecule has 5 aliphatic heterocycles. The van der Waals surface area contributed by atoms with Crippen molar-refractivity contribution in [2.24, 2.45) is 5.92 Å². The minimum atomic E-state index is -1.94. The van der Waals surface area contributed by atoms with Gasteiger partial charge in [-0.1, -0.05) is 0 Å². The number of hydrogen-bond acceptors (Lipinski definition) is 24. The van der Waals surface area contributed by atoms with Crippen LogP contribution in [0.4, 0.5) is 0 Å². The molecule has 5 saturated heterocycles. The minimum absolute atomic E-state index is 0.0350. The Morgan fingerprint density at radius 2 is 1.24 bits per heavy atom. The number of aliphatic hydroxyl groups excluding tert-OH is 8. The molecule has 8 rings (SSSR count). The molecular formula is C51H74O24. The Morgan fingerprint density at radius 3 is 1.81 bits per heavy atom. The smallest absolute Gasteiger partial charge is 0.202 e. The molecule has 5 fully saturated rings. The molecule has 0 unspecified atom stereocenters. The van der Waals surface area contributed by atoms with Gasteiger partial charge in [-0.25, -0.2) is 0 Å². The summed E-state index contributed by atoms with van der Waals surface area (Å²) in [6, 6.07) is 4.18. The third-order valence-corrected chi connectivity index (χ3v) is 15.4. The number of methoxy groups -OCH3 is 1. The lowest BCUT2D eigenvalue weighted by molar-refractivity contribution is -0.337. The first kappa shape index (κ1) is 57.8. The molecule has 0 radical (unpaired) electrons. The standard InChI is InChI=1S/C51H74O24/c1-18(52)40(56)46(62)48(65-8)27-11-25-9-24-10-26(71-35-15-31(42(58)20(3)67-35)72-33-13-29(54)41(57)19(2)66-33)12-28(53)38(24)44(60)39(25)45(61)49(27)74-36-16-32(43(59)21(4)68-36)73-34-14-30(55)47(22(5)69-34)75-37-17-51(7,64)50(63)23(6)70-37/h9-10,12,18-23,27,29-37,40-43,47-50,52-60,63-64H,11,13-17H2,1-8H3/t18-,19-,20-,21-,22-,23-,27+,29-,30-,31+,32-,33+,34-,35+,36+,37+,40+,41-,42-,43-,47+,48+,49+,50-,51+/m1/s1. The van der Waals surface area contributed by atoms with E-state index in [9.17, 15) is 65.8 Å². The van der Waals surface area contributed by atoms with Gasteiger partial charge in [0.15, 0.2) is 36.7 Å². The number of ketones is 2. The molecule has 24 heteroatoms. The molecule has 1 aliphatic carbocycles. The number of rotatable bonds is 15. The number of phenols is 2. The molecule has 0 bridgehead atoms. The van der Waals surface area contributed by atoms with E-state index in [4.69, 9.17) is 52.1 Å². The van der Waals surface area contributed by atoms with Crippen molar-refractivity contribution in [3.63, 3.8) is 0 Å². The number of hydrogen-bond donors (Lipinski definition) is 11. The normalized spacial score (nSPS) is 42.9. The van der Waals surface area contributed by atoms with Gasteiger partial charge in [0, 0.05) is 51.2 Å². The maximum absolute atomic E-state index is 14.9. The maximum Gasteiger partial charge on any atom is 0.202 e. The topological polar surface area (TPSA) is 358 Å². The third-order valence-electron chi connectivity index (χ3n) is 15.4. The van der Waals surface area contributed by atoms with Gasteiger partial charge in [0.05, 0.1) is 77.6 Å². The molecule has 0 aromatic heterocycles. The van der Waals surface area contributed by atoms with Gasteiger partial charge in [-0.05, 0) is 78.0 Å². The summed E-state index contributed by atoms with van der Waals surface area (Å²) in [6.45, 7) is 10.6. The highest BCUT2D eigenvalue weighted by atomic mass is 16.7. The van der Waals surface area contributed by atoms with Gasteiger partial charge in [0.1, 0.15) is 66.1 Å². The summed E-state index contributed by atoms with van der Waals surface area (Å²) >= 11 is 0. The number of carbonyl (C=O) groups excluding carboxylic acids is 2. The summed E-state index contributed by atoms with van der Waals surface area (Å²) < 4.78 is 66.1. The van der Waals surface area contributed by atoms with E-state index in [0.29, 0.717) is 0 Å². The van der Waals surface area contributed by atoms with Crippen LogP contribution in [0.2, 0.25) is 0 Å². The van der Waals surface area contributed by atoms with Crippen molar-refractivity contribution in [3.05, 3.63) is 29.3 Å². The molecule has 6 aliphatic rings. The third kappa shape index (κ3) is 12.1. The molecule has 5 heterocycles. The Bertz CT molecular complexity index is 2290. The van der Waals surface area contributed by atoms with Crippen LogP contribution in [0.3, 0.4) is 0 Å². The molecule has 0 amide bonds. The number of aromatic hydroxyl groups is 2. The van der Waals surface area contributed by atoms with Gasteiger partial charge >= 0.3 is 0 Å². The van der Waals surface area contributed by atoms with Gasteiger partial charge in [0.2, 0.25) is 6.29 Å². The summed E-state index contributed by atoms with van der Waals surface area (Å²) in [5.74, 6) is -4.16. The number of aliphatic hydroxyl groups is 9. The van der Waals surface area contributed by atoms with Crippen LogP contribution in [0, 0.1) is 5.92 Å². The van der Waals surface area contributed by atoms with E-state index in [1.165, 1.54) is 46.1 Å². The fraction of sp³-hybridized carbons (Fsp3) is 0.765. The predicted molar refractivity (Wildman–Crippen MR) is 254 cm³/mol. The first-order chi connectivity index (χ1) is 35.3. The molecule has 422 valence electrons. The number of carbonyl (C=O) groups is 2. The molecule has 75 heavy (non-hydrogen) atoms. The Morgan fingerprint density at radius 1 is 0.693 bits per heavy atom. The summed E-state index contributed by atoms with van der Waals surface area (Å²) in [7, 11) is 1.18. The Hall–Kier alpha value is -3.32. The number of benzene rings is 2. The van der Waals surface area contributed by atoms with E-state index >= 15 is 0 Å².